The average molecular weight is 356 g/mol. The normalized spacial score (nSPS) is 10.9. The van der Waals surface area contributed by atoms with E-state index < -0.39 is 0 Å². The molecule has 0 aliphatic heterocycles. The van der Waals surface area contributed by atoms with Crippen LogP contribution in [0, 0.1) is 12.7 Å². The lowest BCUT2D eigenvalue weighted by Gasteiger charge is -2.10. The van der Waals surface area contributed by atoms with Gasteiger partial charge in [-0.1, -0.05) is 6.92 Å². The minimum atomic E-state index is -0.350. The van der Waals surface area contributed by atoms with Gasteiger partial charge in [0.1, 0.15) is 11.6 Å². The molecule has 114 valence electrons. The predicted molar refractivity (Wildman–Crippen MR) is 84.1 cm³/mol. The summed E-state index contributed by atoms with van der Waals surface area (Å²) in [4.78, 5) is 0. The molecule has 0 saturated heterocycles. The van der Waals surface area contributed by atoms with E-state index in [1.165, 1.54) is 6.07 Å². The molecule has 4 nitrogen and oxygen atoms in total. The van der Waals surface area contributed by atoms with Crippen LogP contribution in [0.4, 0.5) is 4.39 Å². The topological polar surface area (TPSA) is 39.1 Å². The zero-order valence-electron chi connectivity index (χ0n) is 12.4. The Morgan fingerprint density at radius 1 is 1.43 bits per heavy atom. The molecule has 1 heterocycles. The molecule has 0 atom stereocenters. The second-order valence-corrected chi connectivity index (χ2v) is 5.70. The summed E-state index contributed by atoms with van der Waals surface area (Å²) in [6.45, 7) is 5.67. The van der Waals surface area contributed by atoms with Crippen LogP contribution in [-0.4, -0.2) is 16.3 Å². The summed E-state index contributed by atoms with van der Waals surface area (Å²) in [5, 5.41) is 7.71. The van der Waals surface area contributed by atoms with Crippen molar-refractivity contribution in [3.63, 3.8) is 0 Å². The molecule has 0 fully saturated rings. The highest BCUT2D eigenvalue weighted by Gasteiger charge is 2.15. The van der Waals surface area contributed by atoms with Gasteiger partial charge in [-0.3, -0.25) is 0 Å². The molecule has 0 saturated carbocycles. The number of rotatable bonds is 6. The van der Waals surface area contributed by atoms with Crippen molar-refractivity contribution in [2.24, 2.45) is 7.05 Å². The fraction of sp³-hybridized carbons (Fsp3) is 0.400. The molecule has 2 aromatic rings. The monoisotopic (exact) mass is 355 g/mol. The lowest BCUT2D eigenvalue weighted by atomic mass is 10.2. The van der Waals surface area contributed by atoms with E-state index in [-0.39, 0.29) is 5.82 Å². The second kappa shape index (κ2) is 7.04. The lowest BCUT2D eigenvalue weighted by molar-refractivity contribution is 0.420. The maximum absolute atomic E-state index is 13.6. The van der Waals surface area contributed by atoms with Crippen molar-refractivity contribution >= 4 is 15.9 Å². The molecule has 0 amide bonds. The minimum absolute atomic E-state index is 0.350. The third kappa shape index (κ3) is 3.83. The Morgan fingerprint density at radius 3 is 2.86 bits per heavy atom. The zero-order valence-corrected chi connectivity index (χ0v) is 14.0. The molecule has 0 radical (unpaired) electrons. The molecule has 6 heteroatoms. The van der Waals surface area contributed by atoms with E-state index in [0.717, 1.165) is 24.2 Å². The van der Waals surface area contributed by atoms with Crippen molar-refractivity contribution in [3.8, 4) is 11.6 Å². The van der Waals surface area contributed by atoms with Crippen LogP contribution < -0.4 is 10.1 Å². The van der Waals surface area contributed by atoms with Crippen LogP contribution in [0.3, 0.4) is 0 Å². The van der Waals surface area contributed by atoms with Crippen LogP contribution in [0.25, 0.3) is 0 Å². The Kier molecular flexibility index (Phi) is 5.36. The van der Waals surface area contributed by atoms with E-state index in [1.54, 1.807) is 16.8 Å². The third-order valence-corrected chi connectivity index (χ3v) is 3.77. The molecule has 1 N–H and O–H groups in total. The molecule has 0 aliphatic rings. The van der Waals surface area contributed by atoms with Gasteiger partial charge in [-0.15, -0.1) is 0 Å². The van der Waals surface area contributed by atoms with Crippen molar-refractivity contribution in [1.82, 2.24) is 15.1 Å². The van der Waals surface area contributed by atoms with Gasteiger partial charge in [0.15, 0.2) is 0 Å². The molecule has 0 bridgehead atoms. The number of aryl methyl sites for hydroxylation is 2. The number of hydrogen-bond acceptors (Lipinski definition) is 3. The van der Waals surface area contributed by atoms with Gasteiger partial charge < -0.3 is 10.1 Å². The van der Waals surface area contributed by atoms with Crippen molar-refractivity contribution in [2.45, 2.75) is 26.8 Å². The number of ether oxygens (including phenoxy) is 1. The highest BCUT2D eigenvalue weighted by molar-refractivity contribution is 9.10. The summed E-state index contributed by atoms with van der Waals surface area (Å²) < 4.78 is 21.5. The van der Waals surface area contributed by atoms with Crippen LogP contribution in [0.2, 0.25) is 0 Å². The highest BCUT2D eigenvalue weighted by Crippen LogP contribution is 2.29. The number of hydrogen-bond donors (Lipinski definition) is 1. The smallest absolute Gasteiger partial charge is 0.222 e. The van der Waals surface area contributed by atoms with Gasteiger partial charge >= 0.3 is 0 Å². The van der Waals surface area contributed by atoms with Gasteiger partial charge in [-0.25, -0.2) is 9.07 Å². The van der Waals surface area contributed by atoms with Gasteiger partial charge in [0.25, 0.3) is 0 Å². The first-order chi connectivity index (χ1) is 10.0. The standard InChI is InChI=1S/C15H19BrFN3O/c1-4-7-18-9-12-10(2)19-20(3)15(12)21-11-5-6-13(16)14(17)8-11/h5-6,8,18H,4,7,9H2,1-3H3. The lowest BCUT2D eigenvalue weighted by Crippen LogP contribution is -2.14. The predicted octanol–water partition coefficient (Wildman–Crippen LogP) is 3.92. The molecule has 0 unspecified atom stereocenters. The van der Waals surface area contributed by atoms with Gasteiger partial charge in [0.05, 0.1) is 15.7 Å². The molecule has 1 aromatic heterocycles. The maximum Gasteiger partial charge on any atom is 0.222 e. The van der Waals surface area contributed by atoms with Crippen LogP contribution in [0.1, 0.15) is 24.6 Å². The van der Waals surface area contributed by atoms with Crippen LogP contribution in [0.5, 0.6) is 11.6 Å². The van der Waals surface area contributed by atoms with E-state index in [0.29, 0.717) is 22.6 Å². The molecule has 0 aliphatic carbocycles. The Bertz CT molecular complexity index is 628. The third-order valence-electron chi connectivity index (χ3n) is 3.12. The fourth-order valence-corrected chi connectivity index (χ4v) is 2.30. The van der Waals surface area contributed by atoms with Crippen LogP contribution in [-0.2, 0) is 13.6 Å². The zero-order chi connectivity index (χ0) is 15.4. The minimum Gasteiger partial charge on any atom is -0.439 e. The van der Waals surface area contributed by atoms with E-state index in [1.807, 2.05) is 14.0 Å². The summed E-state index contributed by atoms with van der Waals surface area (Å²) in [6, 6.07) is 4.71. The van der Waals surface area contributed by atoms with Crippen molar-refractivity contribution in [2.75, 3.05) is 6.54 Å². The number of aromatic nitrogens is 2. The first-order valence-corrected chi connectivity index (χ1v) is 7.68. The summed E-state index contributed by atoms with van der Waals surface area (Å²) in [5.41, 5.74) is 1.91. The first-order valence-electron chi connectivity index (χ1n) is 6.89. The van der Waals surface area contributed by atoms with E-state index in [4.69, 9.17) is 4.74 Å². The van der Waals surface area contributed by atoms with E-state index in [2.05, 4.69) is 33.3 Å². The second-order valence-electron chi connectivity index (χ2n) is 4.85. The van der Waals surface area contributed by atoms with Gasteiger partial charge in [0.2, 0.25) is 5.88 Å². The SMILES string of the molecule is CCCNCc1c(C)nn(C)c1Oc1ccc(Br)c(F)c1. The fourth-order valence-electron chi connectivity index (χ4n) is 2.05. The molecule has 2 rings (SSSR count). The van der Waals surface area contributed by atoms with E-state index in [9.17, 15) is 4.39 Å². The number of nitrogens with one attached hydrogen (secondary N) is 1. The van der Waals surface area contributed by atoms with Gasteiger partial charge in [-0.2, -0.15) is 5.10 Å². The van der Waals surface area contributed by atoms with E-state index >= 15 is 0 Å². The Hall–Kier alpha value is -1.40. The number of halogens is 2. The van der Waals surface area contributed by atoms with Crippen molar-refractivity contribution in [3.05, 3.63) is 39.7 Å². The molecule has 1 aromatic carbocycles. The molecular weight excluding hydrogens is 337 g/mol. The quantitative estimate of drug-likeness (QED) is 0.798. The highest BCUT2D eigenvalue weighted by atomic mass is 79.9. The van der Waals surface area contributed by atoms with Crippen molar-refractivity contribution < 1.29 is 9.13 Å². The summed E-state index contributed by atoms with van der Waals surface area (Å²) in [5.74, 6) is 0.741. The molecule has 21 heavy (non-hydrogen) atoms. The number of benzene rings is 1. The average Bonchev–Trinajstić information content (AvgIpc) is 2.70. The summed E-state index contributed by atoms with van der Waals surface area (Å²) in [6.07, 6.45) is 1.06. The number of nitrogens with zero attached hydrogens (tertiary/aromatic N) is 2. The van der Waals surface area contributed by atoms with Crippen molar-refractivity contribution in [1.29, 1.82) is 0 Å². The Labute approximate surface area is 132 Å². The molecular formula is C15H19BrFN3O. The maximum atomic E-state index is 13.6. The largest absolute Gasteiger partial charge is 0.439 e. The Balaban J connectivity index is 2.23. The molecule has 0 spiro atoms. The first kappa shape index (κ1) is 16.0. The summed E-state index contributed by atoms with van der Waals surface area (Å²) >= 11 is 3.13. The van der Waals surface area contributed by atoms with Gasteiger partial charge in [0, 0.05) is 19.7 Å². The van der Waals surface area contributed by atoms with Crippen LogP contribution >= 0.6 is 15.9 Å². The Morgan fingerprint density at radius 2 is 2.19 bits per heavy atom. The summed E-state index contributed by atoms with van der Waals surface area (Å²) in [7, 11) is 1.82. The van der Waals surface area contributed by atoms with Gasteiger partial charge in [-0.05, 0) is 48.0 Å². The van der Waals surface area contributed by atoms with Crippen LogP contribution in [0.15, 0.2) is 22.7 Å².